The van der Waals surface area contributed by atoms with Crippen LogP contribution in [0.3, 0.4) is 0 Å². The molecule has 0 radical (unpaired) electrons. The number of ether oxygens (including phenoxy) is 3. The molecular formula is C25H31N3O5S. The average molecular weight is 486 g/mol. The van der Waals surface area contributed by atoms with Crippen molar-refractivity contribution >= 4 is 23.4 Å². The van der Waals surface area contributed by atoms with Crippen molar-refractivity contribution in [3.05, 3.63) is 44.9 Å². The van der Waals surface area contributed by atoms with Crippen LogP contribution < -0.4 is 25.1 Å². The number of carbonyl (C=O) groups excluding carboxylic acids is 1. The molecule has 1 aromatic heterocycles. The summed E-state index contributed by atoms with van der Waals surface area (Å²) in [6.45, 7) is 6.23. The van der Waals surface area contributed by atoms with Crippen LogP contribution in [0, 0.1) is 5.41 Å². The van der Waals surface area contributed by atoms with Gasteiger partial charge in [-0.15, -0.1) is 0 Å². The quantitative estimate of drug-likeness (QED) is 0.437. The van der Waals surface area contributed by atoms with Crippen molar-refractivity contribution in [2.45, 2.75) is 51.1 Å². The lowest BCUT2D eigenvalue weighted by atomic mass is 9.69. The molecule has 9 heteroatoms. The van der Waals surface area contributed by atoms with Gasteiger partial charge in [0, 0.05) is 35.1 Å². The molecule has 8 nitrogen and oxygen atoms in total. The number of methoxy groups -OCH3 is 3. The van der Waals surface area contributed by atoms with Crippen molar-refractivity contribution in [1.82, 2.24) is 9.97 Å². The summed E-state index contributed by atoms with van der Waals surface area (Å²) in [4.78, 5) is 34.6. The first-order valence-electron chi connectivity index (χ1n) is 11.3. The van der Waals surface area contributed by atoms with Gasteiger partial charge in [-0.25, -0.2) is 4.98 Å². The lowest BCUT2D eigenvalue weighted by Crippen LogP contribution is -2.37. The van der Waals surface area contributed by atoms with Gasteiger partial charge in [-0.1, -0.05) is 32.5 Å². The number of allylic oxidation sites excluding steroid dienone is 2. The average Bonchev–Trinajstić information content (AvgIpc) is 2.79. The second-order valence-corrected chi connectivity index (χ2v) is 10.4. The lowest BCUT2D eigenvalue weighted by Gasteiger charge is -2.39. The summed E-state index contributed by atoms with van der Waals surface area (Å²) in [5.41, 5.74) is 1.97. The van der Waals surface area contributed by atoms with Crippen molar-refractivity contribution in [1.29, 1.82) is 0 Å². The first-order chi connectivity index (χ1) is 16.2. The molecule has 2 heterocycles. The smallest absolute Gasteiger partial charge is 0.257 e. The molecule has 34 heavy (non-hydrogen) atoms. The van der Waals surface area contributed by atoms with Crippen LogP contribution in [0.2, 0.25) is 0 Å². The van der Waals surface area contributed by atoms with E-state index in [9.17, 15) is 9.59 Å². The molecule has 4 rings (SSSR count). The van der Waals surface area contributed by atoms with Crippen molar-refractivity contribution in [3.8, 4) is 17.2 Å². The summed E-state index contributed by atoms with van der Waals surface area (Å²) in [6, 6.07) is 3.51. The normalized spacial score (nSPS) is 18.6. The lowest BCUT2D eigenvalue weighted by molar-refractivity contribution is -0.118. The van der Waals surface area contributed by atoms with Crippen LogP contribution in [-0.2, 0) is 4.79 Å². The first kappa shape index (κ1) is 24.2. The molecule has 0 saturated heterocycles. The Labute approximate surface area is 203 Å². The minimum atomic E-state index is -0.647. The van der Waals surface area contributed by atoms with Gasteiger partial charge in [0.15, 0.2) is 22.4 Å². The van der Waals surface area contributed by atoms with E-state index >= 15 is 0 Å². The zero-order chi connectivity index (χ0) is 24.6. The summed E-state index contributed by atoms with van der Waals surface area (Å²) in [5.74, 6) is 2.18. The minimum Gasteiger partial charge on any atom is -0.496 e. The third-order valence-electron chi connectivity index (χ3n) is 6.19. The molecule has 0 fully saturated rings. The number of anilines is 1. The highest BCUT2D eigenvalue weighted by atomic mass is 32.2. The largest absolute Gasteiger partial charge is 0.496 e. The van der Waals surface area contributed by atoms with E-state index in [1.54, 1.807) is 33.5 Å². The van der Waals surface area contributed by atoms with E-state index in [1.165, 1.54) is 11.8 Å². The molecular weight excluding hydrogens is 454 g/mol. The molecule has 1 atom stereocenters. The van der Waals surface area contributed by atoms with Crippen LogP contribution in [0.1, 0.15) is 57.1 Å². The predicted octanol–water partition coefficient (Wildman–Crippen LogP) is 4.50. The highest BCUT2D eigenvalue weighted by Gasteiger charge is 2.43. The monoisotopic (exact) mass is 485 g/mol. The molecule has 2 aliphatic rings. The third kappa shape index (κ3) is 4.29. The van der Waals surface area contributed by atoms with Gasteiger partial charge in [-0.2, -0.15) is 0 Å². The Kier molecular flexibility index (Phi) is 6.66. The number of aromatic nitrogens is 2. The maximum Gasteiger partial charge on any atom is 0.257 e. The van der Waals surface area contributed by atoms with Gasteiger partial charge in [-0.05, 0) is 24.3 Å². The molecule has 1 aromatic carbocycles. The van der Waals surface area contributed by atoms with E-state index in [2.05, 4.69) is 31.1 Å². The zero-order valence-electron chi connectivity index (χ0n) is 20.5. The molecule has 1 aliphatic carbocycles. The van der Waals surface area contributed by atoms with Gasteiger partial charge in [0.1, 0.15) is 11.6 Å². The van der Waals surface area contributed by atoms with E-state index in [4.69, 9.17) is 19.2 Å². The molecule has 2 aromatic rings. The van der Waals surface area contributed by atoms with Gasteiger partial charge in [0.25, 0.3) is 5.56 Å². The summed E-state index contributed by atoms with van der Waals surface area (Å²) in [5, 5.41) is 3.91. The molecule has 0 saturated carbocycles. The SMILES string of the molecule is CCCSc1nc2c(c(=O)[nH]1)C(c1cc(OC)c(OC)cc1OC)C1=C(CC(C)(C)CC1=O)N2. The summed E-state index contributed by atoms with van der Waals surface area (Å²) in [6.07, 6.45) is 2.03. The van der Waals surface area contributed by atoms with Gasteiger partial charge in [0.2, 0.25) is 0 Å². The van der Waals surface area contributed by atoms with Crippen molar-refractivity contribution in [2.24, 2.45) is 5.41 Å². The Balaban J connectivity index is 1.99. The van der Waals surface area contributed by atoms with E-state index in [-0.39, 0.29) is 16.8 Å². The maximum atomic E-state index is 13.5. The standard InChI is InChI=1S/C25H31N3O5S/c1-7-8-34-24-27-22-21(23(30)28-24)19(20-14(26-22)11-25(2,3)12-15(20)29)13-9-17(32-5)18(33-6)10-16(13)31-4/h9-10,19H,7-8,11-12H2,1-6H3,(H2,26,27,28,30). The van der Waals surface area contributed by atoms with Crippen LogP contribution in [0.5, 0.6) is 17.2 Å². The van der Waals surface area contributed by atoms with Gasteiger partial charge in [0.05, 0.1) is 32.8 Å². The van der Waals surface area contributed by atoms with Crippen LogP contribution in [0.25, 0.3) is 0 Å². The van der Waals surface area contributed by atoms with Gasteiger partial charge < -0.3 is 24.5 Å². The number of nitrogens with zero attached hydrogens (tertiary/aromatic N) is 1. The van der Waals surface area contributed by atoms with Crippen LogP contribution in [0.4, 0.5) is 5.82 Å². The molecule has 0 amide bonds. The first-order valence-corrected chi connectivity index (χ1v) is 12.3. The summed E-state index contributed by atoms with van der Waals surface area (Å²) < 4.78 is 16.7. The fraction of sp³-hybridized carbons (Fsp3) is 0.480. The Morgan fingerprint density at radius 2 is 1.74 bits per heavy atom. The highest BCUT2D eigenvalue weighted by Crippen LogP contribution is 2.51. The van der Waals surface area contributed by atoms with Crippen LogP contribution >= 0.6 is 11.8 Å². The van der Waals surface area contributed by atoms with Crippen LogP contribution in [0.15, 0.2) is 33.4 Å². The number of ketones is 1. The van der Waals surface area contributed by atoms with E-state index in [0.717, 1.165) is 17.9 Å². The number of hydrogen-bond acceptors (Lipinski definition) is 8. The number of nitrogens with one attached hydrogen (secondary N) is 2. The van der Waals surface area contributed by atoms with E-state index in [1.807, 2.05) is 0 Å². The summed E-state index contributed by atoms with van der Waals surface area (Å²) in [7, 11) is 4.66. The Hall–Kier alpha value is -2.94. The highest BCUT2D eigenvalue weighted by molar-refractivity contribution is 7.99. The van der Waals surface area contributed by atoms with Gasteiger partial charge in [-0.3, -0.25) is 9.59 Å². The number of hydrogen-bond donors (Lipinski definition) is 2. The third-order valence-corrected chi connectivity index (χ3v) is 7.27. The number of benzene rings is 1. The molecule has 2 N–H and O–H groups in total. The van der Waals surface area contributed by atoms with Crippen molar-refractivity contribution in [2.75, 3.05) is 32.4 Å². The molecule has 0 spiro atoms. The topological polar surface area (TPSA) is 103 Å². The minimum absolute atomic E-state index is 0.00933. The second kappa shape index (κ2) is 9.37. The number of H-pyrrole nitrogens is 1. The fourth-order valence-electron chi connectivity index (χ4n) is 4.75. The Bertz CT molecular complexity index is 1220. The zero-order valence-corrected chi connectivity index (χ0v) is 21.3. The van der Waals surface area contributed by atoms with Gasteiger partial charge >= 0.3 is 0 Å². The van der Waals surface area contributed by atoms with Crippen molar-refractivity contribution < 1.29 is 19.0 Å². The Morgan fingerprint density at radius 1 is 1.06 bits per heavy atom. The Morgan fingerprint density at radius 3 is 2.38 bits per heavy atom. The molecule has 0 bridgehead atoms. The number of fused-ring (bicyclic) bond motifs is 1. The van der Waals surface area contributed by atoms with E-state index in [0.29, 0.717) is 57.8 Å². The maximum absolute atomic E-state index is 13.5. The number of thioether (sulfide) groups is 1. The van der Waals surface area contributed by atoms with E-state index < -0.39 is 5.92 Å². The number of rotatable bonds is 7. The second-order valence-electron chi connectivity index (χ2n) is 9.32. The fourth-order valence-corrected chi connectivity index (χ4v) is 5.47. The van der Waals surface area contributed by atoms with Crippen LogP contribution in [-0.4, -0.2) is 42.8 Å². The number of aromatic amines is 1. The molecule has 1 aliphatic heterocycles. The number of carbonyl (C=O) groups is 1. The predicted molar refractivity (Wildman–Crippen MR) is 132 cm³/mol. The molecule has 182 valence electrons. The molecule has 1 unspecified atom stereocenters. The number of Topliss-reactive ketones (excluding diaryl/α,β-unsaturated/α-hetero) is 1. The van der Waals surface area contributed by atoms with Crippen molar-refractivity contribution in [3.63, 3.8) is 0 Å². The summed E-state index contributed by atoms with van der Waals surface area (Å²) >= 11 is 1.50.